The predicted molar refractivity (Wildman–Crippen MR) is 59.6 cm³/mol. The van der Waals surface area contributed by atoms with Crippen LogP contribution < -0.4 is 5.73 Å². The molecule has 0 saturated carbocycles. The van der Waals surface area contributed by atoms with Gasteiger partial charge in [-0.15, -0.1) is 0 Å². The lowest BCUT2D eigenvalue weighted by molar-refractivity contribution is -0.143. The molecule has 100 valence electrons. The van der Waals surface area contributed by atoms with Gasteiger partial charge in [-0.25, -0.2) is 4.68 Å². The minimum absolute atomic E-state index is 0.111. The second-order valence-electron chi connectivity index (χ2n) is 3.90. The van der Waals surface area contributed by atoms with Crippen LogP contribution in [0.3, 0.4) is 0 Å². The second kappa shape index (κ2) is 4.38. The summed E-state index contributed by atoms with van der Waals surface area (Å²) in [4.78, 5) is 14.8. The number of aryl methyl sites for hydroxylation is 1. The molecule has 0 aromatic carbocycles. The van der Waals surface area contributed by atoms with E-state index in [1.165, 1.54) is 18.5 Å². The minimum atomic E-state index is -4.75. The number of hydrogen-bond acceptors (Lipinski definition) is 3. The number of carbonyl (C=O) groups is 1. The summed E-state index contributed by atoms with van der Waals surface area (Å²) in [5.41, 5.74) is 3.83. The van der Waals surface area contributed by atoms with Crippen LogP contribution in [0.4, 0.5) is 13.2 Å². The molecule has 19 heavy (non-hydrogen) atoms. The SMILES string of the molecule is Cc1cncc(-n2ncc(C(N)=O)c2C(F)(F)F)c1. The van der Waals surface area contributed by atoms with Crippen LogP contribution in [0.2, 0.25) is 0 Å². The molecular formula is C11H9F3N4O. The first kappa shape index (κ1) is 13.1. The number of amides is 1. The second-order valence-corrected chi connectivity index (χ2v) is 3.90. The largest absolute Gasteiger partial charge is 0.434 e. The van der Waals surface area contributed by atoms with E-state index < -0.39 is 23.3 Å². The number of primary amides is 1. The van der Waals surface area contributed by atoms with Crippen molar-refractivity contribution in [2.75, 3.05) is 0 Å². The Kier molecular flexibility index (Phi) is 3.01. The van der Waals surface area contributed by atoms with E-state index in [4.69, 9.17) is 5.73 Å². The Bertz CT molecular complexity index is 633. The third-order valence-corrected chi connectivity index (χ3v) is 2.41. The Morgan fingerprint density at radius 1 is 1.32 bits per heavy atom. The number of hydrogen-bond donors (Lipinski definition) is 1. The van der Waals surface area contributed by atoms with Crippen molar-refractivity contribution in [2.24, 2.45) is 5.73 Å². The molecule has 2 heterocycles. The van der Waals surface area contributed by atoms with E-state index in [0.717, 1.165) is 6.20 Å². The molecule has 1 amide bonds. The number of carbonyl (C=O) groups excluding carboxylic acids is 1. The lowest BCUT2D eigenvalue weighted by Crippen LogP contribution is -2.20. The molecule has 2 N–H and O–H groups in total. The molecule has 8 heteroatoms. The van der Waals surface area contributed by atoms with E-state index in [9.17, 15) is 18.0 Å². The van der Waals surface area contributed by atoms with E-state index in [-0.39, 0.29) is 5.69 Å². The Morgan fingerprint density at radius 2 is 2.00 bits per heavy atom. The van der Waals surface area contributed by atoms with E-state index >= 15 is 0 Å². The van der Waals surface area contributed by atoms with Gasteiger partial charge in [0.15, 0.2) is 5.69 Å². The third-order valence-electron chi connectivity index (χ3n) is 2.41. The number of halogens is 3. The maximum atomic E-state index is 13.0. The molecular weight excluding hydrogens is 261 g/mol. The Balaban J connectivity index is 2.68. The number of nitrogens with two attached hydrogens (primary N) is 1. The van der Waals surface area contributed by atoms with Crippen LogP contribution in [0.5, 0.6) is 0 Å². The molecule has 0 radical (unpaired) electrons. The lowest BCUT2D eigenvalue weighted by Gasteiger charge is -2.11. The molecule has 0 saturated heterocycles. The van der Waals surface area contributed by atoms with Gasteiger partial charge >= 0.3 is 6.18 Å². The van der Waals surface area contributed by atoms with Crippen LogP contribution in [0.1, 0.15) is 21.6 Å². The smallest absolute Gasteiger partial charge is 0.365 e. The fourth-order valence-corrected chi connectivity index (χ4v) is 1.65. The number of pyridine rings is 1. The summed E-state index contributed by atoms with van der Waals surface area (Å²) in [6.07, 6.45) is -1.23. The fourth-order valence-electron chi connectivity index (χ4n) is 1.65. The molecule has 0 unspecified atom stereocenters. The summed E-state index contributed by atoms with van der Waals surface area (Å²) in [5.74, 6) is -1.18. The van der Waals surface area contributed by atoms with Crippen molar-refractivity contribution < 1.29 is 18.0 Å². The molecule has 0 bridgehead atoms. The number of alkyl halides is 3. The van der Waals surface area contributed by atoms with E-state index in [0.29, 0.717) is 10.2 Å². The molecule has 0 atom stereocenters. The zero-order chi connectivity index (χ0) is 14.2. The first-order chi connectivity index (χ1) is 8.80. The summed E-state index contributed by atoms with van der Waals surface area (Å²) >= 11 is 0. The van der Waals surface area contributed by atoms with Gasteiger partial charge in [0.1, 0.15) is 0 Å². The van der Waals surface area contributed by atoms with Gasteiger partial charge in [0, 0.05) is 6.20 Å². The highest BCUT2D eigenvalue weighted by Gasteiger charge is 2.40. The number of nitrogens with zero attached hydrogens (tertiary/aromatic N) is 3. The maximum absolute atomic E-state index is 13.0. The lowest BCUT2D eigenvalue weighted by atomic mass is 10.2. The van der Waals surface area contributed by atoms with Gasteiger partial charge in [0.2, 0.25) is 0 Å². The highest BCUT2D eigenvalue weighted by atomic mass is 19.4. The quantitative estimate of drug-likeness (QED) is 0.902. The zero-order valence-corrected chi connectivity index (χ0v) is 9.77. The average molecular weight is 270 g/mol. The summed E-state index contributed by atoms with van der Waals surface area (Å²) in [5, 5.41) is 3.57. The van der Waals surface area contributed by atoms with Crippen LogP contribution in [0.15, 0.2) is 24.7 Å². The van der Waals surface area contributed by atoms with E-state index in [1.807, 2.05) is 0 Å². The fraction of sp³-hybridized carbons (Fsp3) is 0.182. The summed E-state index contributed by atoms with van der Waals surface area (Å²) < 4.78 is 39.6. The van der Waals surface area contributed by atoms with Gasteiger partial charge < -0.3 is 5.73 Å². The Labute approximate surface area is 105 Å². The normalized spacial score (nSPS) is 11.6. The summed E-state index contributed by atoms with van der Waals surface area (Å²) in [6.45, 7) is 1.68. The first-order valence-electron chi connectivity index (χ1n) is 5.17. The van der Waals surface area contributed by atoms with Crippen LogP contribution in [0.25, 0.3) is 5.69 Å². The maximum Gasteiger partial charge on any atom is 0.434 e. The van der Waals surface area contributed by atoms with Crippen molar-refractivity contribution in [2.45, 2.75) is 13.1 Å². The molecule has 0 aliphatic carbocycles. The highest BCUT2D eigenvalue weighted by Crippen LogP contribution is 2.33. The molecule has 2 aromatic heterocycles. The first-order valence-corrected chi connectivity index (χ1v) is 5.17. The van der Waals surface area contributed by atoms with Crippen molar-refractivity contribution in [3.8, 4) is 5.69 Å². The van der Waals surface area contributed by atoms with Crippen LogP contribution in [-0.4, -0.2) is 20.7 Å². The molecule has 0 aliphatic rings. The van der Waals surface area contributed by atoms with Crippen molar-refractivity contribution in [1.82, 2.24) is 14.8 Å². The standard InChI is InChI=1S/C11H9F3N4O/c1-6-2-7(4-16-3-6)18-9(11(12,13)14)8(5-17-18)10(15)19/h2-5H,1H3,(H2,15,19). The molecule has 0 spiro atoms. The average Bonchev–Trinajstić information content (AvgIpc) is 2.73. The topological polar surface area (TPSA) is 73.8 Å². The van der Waals surface area contributed by atoms with Crippen LogP contribution >= 0.6 is 0 Å². The van der Waals surface area contributed by atoms with Crippen LogP contribution in [0, 0.1) is 6.92 Å². The van der Waals surface area contributed by atoms with Gasteiger partial charge in [0.25, 0.3) is 5.91 Å². The van der Waals surface area contributed by atoms with Gasteiger partial charge in [-0.05, 0) is 18.6 Å². The molecule has 5 nitrogen and oxygen atoms in total. The van der Waals surface area contributed by atoms with Gasteiger partial charge in [0.05, 0.1) is 23.6 Å². The third kappa shape index (κ3) is 2.42. The van der Waals surface area contributed by atoms with Crippen LogP contribution in [-0.2, 0) is 6.18 Å². The minimum Gasteiger partial charge on any atom is -0.365 e. The summed E-state index contributed by atoms with van der Waals surface area (Å²) in [7, 11) is 0. The van der Waals surface area contributed by atoms with E-state index in [1.54, 1.807) is 6.92 Å². The monoisotopic (exact) mass is 270 g/mol. The molecule has 0 fully saturated rings. The highest BCUT2D eigenvalue weighted by molar-refractivity contribution is 5.94. The summed E-state index contributed by atoms with van der Waals surface area (Å²) in [6, 6.07) is 1.47. The predicted octanol–water partition coefficient (Wildman–Crippen LogP) is 1.69. The number of aromatic nitrogens is 3. The molecule has 2 rings (SSSR count). The van der Waals surface area contributed by atoms with Crippen molar-refractivity contribution in [3.63, 3.8) is 0 Å². The Morgan fingerprint density at radius 3 is 2.53 bits per heavy atom. The van der Waals surface area contributed by atoms with Gasteiger partial charge in [-0.1, -0.05) is 0 Å². The Hall–Kier alpha value is -2.38. The number of rotatable bonds is 2. The zero-order valence-electron chi connectivity index (χ0n) is 9.77. The van der Waals surface area contributed by atoms with Crippen molar-refractivity contribution in [1.29, 1.82) is 0 Å². The van der Waals surface area contributed by atoms with Gasteiger partial charge in [-0.3, -0.25) is 9.78 Å². The molecule has 0 aliphatic heterocycles. The van der Waals surface area contributed by atoms with E-state index in [2.05, 4.69) is 10.1 Å². The molecule has 2 aromatic rings. The van der Waals surface area contributed by atoms with Gasteiger partial charge in [-0.2, -0.15) is 18.3 Å². The van der Waals surface area contributed by atoms with Crippen molar-refractivity contribution in [3.05, 3.63) is 41.5 Å². The van der Waals surface area contributed by atoms with Crippen molar-refractivity contribution >= 4 is 5.91 Å².